The lowest BCUT2D eigenvalue weighted by atomic mass is 9.84. The highest BCUT2D eigenvalue weighted by Gasteiger charge is 2.15. The molecule has 4 rings (SSSR count). The van der Waals surface area contributed by atoms with Crippen LogP contribution in [0.25, 0.3) is 11.0 Å². The van der Waals surface area contributed by atoms with E-state index < -0.39 is 0 Å². The molecule has 1 amide bonds. The quantitative estimate of drug-likeness (QED) is 0.719. The van der Waals surface area contributed by atoms with E-state index in [1.54, 1.807) is 6.20 Å². The first-order valence-corrected chi connectivity index (χ1v) is 9.80. The van der Waals surface area contributed by atoms with Crippen LogP contribution >= 0.6 is 0 Å². The largest absolute Gasteiger partial charge is 0.348 e. The maximum Gasteiger partial charge on any atom is 0.253 e. The molecule has 0 saturated heterocycles. The van der Waals surface area contributed by atoms with Gasteiger partial charge in [0.1, 0.15) is 0 Å². The number of carbonyl (C=O) groups is 1. The maximum atomic E-state index is 12.6. The van der Waals surface area contributed by atoms with Crippen molar-refractivity contribution in [3.8, 4) is 0 Å². The van der Waals surface area contributed by atoms with E-state index in [0.717, 1.165) is 10.9 Å². The third kappa shape index (κ3) is 4.00. The predicted octanol–water partition coefficient (Wildman–Crippen LogP) is 4.92. The van der Waals surface area contributed by atoms with Crippen LogP contribution in [0, 0.1) is 6.92 Å². The Morgan fingerprint density at radius 1 is 1.11 bits per heavy atom. The van der Waals surface area contributed by atoms with Gasteiger partial charge in [-0.15, -0.1) is 0 Å². The predicted molar refractivity (Wildman–Crippen MR) is 108 cm³/mol. The second-order valence-corrected chi connectivity index (χ2v) is 7.43. The van der Waals surface area contributed by atoms with Crippen molar-refractivity contribution in [3.05, 3.63) is 71.0 Å². The molecule has 1 aliphatic carbocycles. The Hall–Kier alpha value is -2.75. The van der Waals surface area contributed by atoms with Crippen LogP contribution in [0.2, 0.25) is 0 Å². The first-order valence-electron chi connectivity index (χ1n) is 9.80. The summed E-state index contributed by atoms with van der Waals surface area (Å²) in [6.45, 7) is 2.37. The highest BCUT2D eigenvalue weighted by atomic mass is 16.1. The first kappa shape index (κ1) is 17.7. The fourth-order valence-electron chi connectivity index (χ4n) is 3.95. The lowest BCUT2D eigenvalue weighted by molar-refractivity contribution is 0.0950. The molecule has 0 atom stereocenters. The number of hydrogen-bond acceptors (Lipinski definition) is 3. The van der Waals surface area contributed by atoms with E-state index in [2.05, 4.69) is 39.6 Å². The number of fused-ring (bicyclic) bond motifs is 1. The summed E-state index contributed by atoms with van der Waals surface area (Å²) in [5, 5.41) is 3.90. The lowest BCUT2D eigenvalue weighted by Gasteiger charge is -2.22. The number of hydrogen-bond donors (Lipinski definition) is 1. The van der Waals surface area contributed by atoms with Crippen LogP contribution in [0.15, 0.2) is 48.7 Å². The highest BCUT2D eigenvalue weighted by Crippen LogP contribution is 2.32. The molecule has 0 aliphatic heterocycles. The molecule has 4 heteroatoms. The van der Waals surface area contributed by atoms with Gasteiger partial charge in [-0.25, -0.2) is 9.97 Å². The number of benzene rings is 1. The number of pyridine rings is 2. The summed E-state index contributed by atoms with van der Waals surface area (Å²) in [6, 6.07) is 14.4. The molecule has 1 N–H and O–H groups in total. The number of nitrogens with zero attached hydrogens (tertiary/aromatic N) is 2. The standard InChI is InChI=1S/C23H25N3O/c1-16-21(14-20-8-5-13-24-22(20)26-16)23(27)25-15-17-9-11-19(12-10-17)18-6-3-2-4-7-18/h5,8-14,18H,2-4,6-7,15H2,1H3,(H,25,27). The molecule has 0 radical (unpaired) electrons. The fraction of sp³-hybridized carbons (Fsp3) is 0.348. The van der Waals surface area contributed by atoms with Gasteiger partial charge in [0.05, 0.1) is 11.3 Å². The zero-order valence-electron chi connectivity index (χ0n) is 15.7. The first-order chi connectivity index (χ1) is 13.2. The summed E-state index contributed by atoms with van der Waals surface area (Å²) < 4.78 is 0. The second-order valence-electron chi connectivity index (χ2n) is 7.43. The molecule has 1 aromatic carbocycles. The second kappa shape index (κ2) is 7.87. The van der Waals surface area contributed by atoms with Crippen molar-refractivity contribution in [3.63, 3.8) is 0 Å². The van der Waals surface area contributed by atoms with Gasteiger partial charge in [-0.1, -0.05) is 43.5 Å². The molecule has 0 spiro atoms. The van der Waals surface area contributed by atoms with Crippen molar-refractivity contribution in [2.24, 2.45) is 0 Å². The summed E-state index contributed by atoms with van der Waals surface area (Å²) in [5.74, 6) is 0.615. The minimum atomic E-state index is -0.0953. The van der Waals surface area contributed by atoms with Crippen molar-refractivity contribution in [2.45, 2.75) is 51.5 Å². The molecule has 0 unspecified atom stereocenters. The summed E-state index contributed by atoms with van der Waals surface area (Å²) in [6.07, 6.45) is 8.39. The van der Waals surface area contributed by atoms with Crippen LogP contribution in [-0.2, 0) is 6.54 Å². The van der Waals surface area contributed by atoms with Gasteiger partial charge in [-0.05, 0) is 55.0 Å². The lowest BCUT2D eigenvalue weighted by Crippen LogP contribution is -2.24. The number of aromatic nitrogens is 2. The Balaban J connectivity index is 1.42. The van der Waals surface area contributed by atoms with Crippen molar-refractivity contribution in [2.75, 3.05) is 0 Å². The Morgan fingerprint density at radius 3 is 2.67 bits per heavy atom. The molecular weight excluding hydrogens is 334 g/mol. The average molecular weight is 359 g/mol. The molecule has 138 valence electrons. The van der Waals surface area contributed by atoms with Gasteiger partial charge in [-0.3, -0.25) is 4.79 Å². The topological polar surface area (TPSA) is 54.9 Å². The summed E-state index contributed by atoms with van der Waals surface area (Å²) >= 11 is 0. The van der Waals surface area contributed by atoms with E-state index in [4.69, 9.17) is 0 Å². The Morgan fingerprint density at radius 2 is 1.89 bits per heavy atom. The molecule has 2 aromatic heterocycles. The molecular formula is C23H25N3O. The van der Waals surface area contributed by atoms with E-state index in [9.17, 15) is 4.79 Å². The number of carbonyl (C=O) groups excluding carboxylic acids is 1. The van der Waals surface area contributed by atoms with Crippen LogP contribution in [0.5, 0.6) is 0 Å². The number of aryl methyl sites for hydroxylation is 1. The summed E-state index contributed by atoms with van der Waals surface area (Å²) in [4.78, 5) is 21.3. The molecule has 0 bridgehead atoms. The normalized spacial score (nSPS) is 15.0. The van der Waals surface area contributed by atoms with Gasteiger partial charge < -0.3 is 5.32 Å². The van der Waals surface area contributed by atoms with Crippen LogP contribution in [0.4, 0.5) is 0 Å². The molecule has 3 aromatic rings. The average Bonchev–Trinajstić information content (AvgIpc) is 2.72. The third-order valence-electron chi connectivity index (χ3n) is 5.53. The summed E-state index contributed by atoms with van der Waals surface area (Å²) in [7, 11) is 0. The van der Waals surface area contributed by atoms with Crippen LogP contribution in [-0.4, -0.2) is 15.9 Å². The minimum absolute atomic E-state index is 0.0953. The highest BCUT2D eigenvalue weighted by molar-refractivity contribution is 5.98. The molecule has 2 heterocycles. The van der Waals surface area contributed by atoms with Crippen LogP contribution in [0.3, 0.4) is 0 Å². The van der Waals surface area contributed by atoms with Crippen molar-refractivity contribution >= 4 is 16.9 Å². The van der Waals surface area contributed by atoms with Crippen molar-refractivity contribution in [1.29, 1.82) is 0 Å². The molecule has 1 fully saturated rings. The van der Waals surface area contributed by atoms with Crippen molar-refractivity contribution < 1.29 is 4.79 Å². The van der Waals surface area contributed by atoms with Gasteiger partial charge in [0.25, 0.3) is 5.91 Å². The van der Waals surface area contributed by atoms with Gasteiger partial charge in [-0.2, -0.15) is 0 Å². The van der Waals surface area contributed by atoms with Crippen molar-refractivity contribution in [1.82, 2.24) is 15.3 Å². The van der Waals surface area contributed by atoms with Gasteiger partial charge >= 0.3 is 0 Å². The fourth-order valence-corrected chi connectivity index (χ4v) is 3.95. The van der Waals surface area contributed by atoms with Gasteiger partial charge in [0.15, 0.2) is 5.65 Å². The van der Waals surface area contributed by atoms with Gasteiger partial charge in [0, 0.05) is 18.1 Å². The van der Waals surface area contributed by atoms with Crippen LogP contribution < -0.4 is 5.32 Å². The van der Waals surface area contributed by atoms with E-state index in [0.29, 0.717) is 29.4 Å². The Kier molecular flexibility index (Phi) is 5.14. The van der Waals surface area contributed by atoms with E-state index >= 15 is 0 Å². The Labute approximate surface area is 160 Å². The monoisotopic (exact) mass is 359 g/mol. The summed E-state index contributed by atoms with van der Waals surface area (Å²) in [5.41, 5.74) is 4.54. The van der Waals surface area contributed by atoms with E-state index in [-0.39, 0.29) is 5.91 Å². The molecule has 27 heavy (non-hydrogen) atoms. The molecule has 1 saturated carbocycles. The minimum Gasteiger partial charge on any atom is -0.348 e. The third-order valence-corrected chi connectivity index (χ3v) is 5.53. The number of nitrogens with one attached hydrogen (secondary N) is 1. The van der Waals surface area contributed by atoms with Crippen LogP contribution in [0.1, 0.15) is 65.2 Å². The zero-order valence-corrected chi connectivity index (χ0v) is 15.7. The number of amides is 1. The molecule has 1 aliphatic rings. The van der Waals surface area contributed by atoms with E-state index in [1.165, 1.54) is 37.7 Å². The molecule has 4 nitrogen and oxygen atoms in total. The smallest absolute Gasteiger partial charge is 0.253 e. The van der Waals surface area contributed by atoms with Gasteiger partial charge in [0.2, 0.25) is 0 Å². The number of rotatable bonds is 4. The SMILES string of the molecule is Cc1nc2ncccc2cc1C(=O)NCc1ccc(C2CCCCC2)cc1. The van der Waals surface area contributed by atoms with E-state index in [1.807, 2.05) is 25.1 Å². The Bertz CT molecular complexity index is 943. The maximum absolute atomic E-state index is 12.6. The zero-order chi connectivity index (χ0) is 18.6.